The van der Waals surface area contributed by atoms with Gasteiger partial charge in [-0.05, 0) is 28.2 Å². The zero-order chi connectivity index (χ0) is 23.3. The van der Waals surface area contributed by atoms with Gasteiger partial charge in [-0.2, -0.15) is 0 Å². The van der Waals surface area contributed by atoms with Crippen molar-refractivity contribution in [3.63, 3.8) is 0 Å². The molecule has 32 heavy (non-hydrogen) atoms. The Hall–Kier alpha value is -3.79. The summed E-state index contributed by atoms with van der Waals surface area (Å²) in [5.74, 6) is 0.0474. The molecule has 1 unspecified atom stereocenters. The van der Waals surface area contributed by atoms with E-state index in [9.17, 15) is 19.5 Å². The molecule has 166 valence electrons. The van der Waals surface area contributed by atoms with Crippen molar-refractivity contribution in [2.45, 2.75) is 38.3 Å². The normalized spacial score (nSPS) is 13.9. The van der Waals surface area contributed by atoms with E-state index in [-0.39, 0.29) is 24.9 Å². The van der Waals surface area contributed by atoms with E-state index in [1.165, 1.54) is 0 Å². The van der Waals surface area contributed by atoms with Crippen LogP contribution in [0.15, 0.2) is 48.5 Å². The molecule has 0 saturated heterocycles. The minimum atomic E-state index is -1.16. The highest BCUT2D eigenvalue weighted by Gasteiger charge is 2.31. The average Bonchev–Trinajstić information content (AvgIpc) is 3.09. The van der Waals surface area contributed by atoms with Crippen LogP contribution in [0, 0.1) is 18.3 Å². The van der Waals surface area contributed by atoms with Crippen LogP contribution in [0.25, 0.3) is 11.1 Å². The molecule has 0 spiro atoms. The summed E-state index contributed by atoms with van der Waals surface area (Å²) in [4.78, 5) is 36.4. The predicted molar refractivity (Wildman–Crippen MR) is 120 cm³/mol. The van der Waals surface area contributed by atoms with Gasteiger partial charge in [-0.3, -0.25) is 4.79 Å². The minimum Gasteiger partial charge on any atom is -0.480 e. The Bertz CT molecular complexity index is 1010. The fourth-order valence-electron chi connectivity index (χ4n) is 3.88. The van der Waals surface area contributed by atoms with Crippen LogP contribution < -0.4 is 10.6 Å². The molecule has 0 radical (unpaired) electrons. The fraction of sp³-hybridized carbons (Fsp3) is 0.320. The topological polar surface area (TPSA) is 105 Å². The molecule has 3 N–H and O–H groups in total. The zero-order valence-electron chi connectivity index (χ0n) is 18.0. The number of alkyl carbamates (subject to hydrolysis) is 1. The van der Waals surface area contributed by atoms with Gasteiger partial charge in [0.25, 0.3) is 0 Å². The number of hydrogen-bond donors (Lipinski definition) is 3. The van der Waals surface area contributed by atoms with Gasteiger partial charge < -0.3 is 20.5 Å². The van der Waals surface area contributed by atoms with Crippen molar-refractivity contribution in [1.82, 2.24) is 10.6 Å². The Morgan fingerprint density at radius 1 is 1.03 bits per heavy atom. The largest absolute Gasteiger partial charge is 0.480 e. The molecule has 2 amide bonds. The zero-order valence-corrected chi connectivity index (χ0v) is 18.0. The quantitative estimate of drug-likeness (QED) is 0.554. The summed E-state index contributed by atoms with van der Waals surface area (Å²) >= 11 is 0. The molecule has 2 aromatic rings. The number of aliphatic carboxylic acids is 1. The molecule has 2 aromatic carbocycles. The van der Waals surface area contributed by atoms with Crippen LogP contribution in [0.3, 0.4) is 0 Å². The van der Waals surface area contributed by atoms with E-state index < -0.39 is 30.1 Å². The Kier molecular flexibility index (Phi) is 7.16. The Labute approximate surface area is 187 Å². The van der Waals surface area contributed by atoms with Crippen LogP contribution in [-0.2, 0) is 14.3 Å². The molecule has 0 saturated carbocycles. The molecular weight excluding hydrogens is 408 g/mol. The number of amides is 2. The number of fused-ring (bicyclic) bond motifs is 3. The van der Waals surface area contributed by atoms with Crippen LogP contribution in [0.4, 0.5) is 4.79 Å². The fourth-order valence-corrected chi connectivity index (χ4v) is 3.88. The van der Waals surface area contributed by atoms with Crippen molar-refractivity contribution in [2.75, 3.05) is 6.61 Å². The maximum atomic E-state index is 12.5. The third-order valence-electron chi connectivity index (χ3n) is 5.50. The third kappa shape index (κ3) is 4.92. The highest BCUT2D eigenvalue weighted by atomic mass is 16.5. The van der Waals surface area contributed by atoms with Gasteiger partial charge >= 0.3 is 12.1 Å². The molecule has 1 aliphatic rings. The predicted octanol–water partition coefficient (Wildman–Crippen LogP) is 3.14. The molecule has 2 atom stereocenters. The van der Waals surface area contributed by atoms with Crippen molar-refractivity contribution >= 4 is 18.0 Å². The lowest BCUT2D eigenvalue weighted by molar-refractivity contribution is -0.143. The second kappa shape index (κ2) is 10.0. The van der Waals surface area contributed by atoms with E-state index >= 15 is 0 Å². The summed E-state index contributed by atoms with van der Waals surface area (Å²) < 4.78 is 5.45. The van der Waals surface area contributed by atoms with Gasteiger partial charge in [0.2, 0.25) is 5.91 Å². The van der Waals surface area contributed by atoms with Gasteiger partial charge in [-0.1, -0.05) is 62.4 Å². The number of rotatable bonds is 8. The lowest BCUT2D eigenvalue weighted by Gasteiger charge is -2.22. The smallest absolute Gasteiger partial charge is 0.407 e. The molecular formula is C25H26N2O5. The molecule has 7 heteroatoms. The molecule has 3 rings (SSSR count). The average molecular weight is 434 g/mol. The first-order valence-electron chi connectivity index (χ1n) is 10.4. The number of hydrogen-bond acceptors (Lipinski definition) is 4. The van der Waals surface area contributed by atoms with E-state index in [1.807, 2.05) is 48.5 Å². The number of benzene rings is 2. The summed E-state index contributed by atoms with van der Waals surface area (Å²) in [5.41, 5.74) is 4.35. The summed E-state index contributed by atoms with van der Waals surface area (Å²) in [7, 11) is 0. The standard InChI is InChI=1S/C25H26N2O5/c1-4-9-21(23(28)27-22(15(2)3)24(29)30)26-25(31)32-14-20-18-12-7-5-10-16(18)17-11-6-8-13-19(17)20/h1,5-8,10-13,15,20-22H,9,14H2,2-3H3,(H,26,31)(H,27,28)(H,29,30)/t21?,22-/m0/s1. The SMILES string of the molecule is C#CCC(NC(=O)OCC1c2ccccc2-c2ccccc21)C(=O)N[C@H](C(=O)O)C(C)C. The Morgan fingerprint density at radius 2 is 1.59 bits per heavy atom. The van der Waals surface area contributed by atoms with E-state index in [0.29, 0.717) is 0 Å². The van der Waals surface area contributed by atoms with Gasteiger partial charge in [-0.25, -0.2) is 9.59 Å². The molecule has 0 heterocycles. The highest BCUT2D eigenvalue weighted by molar-refractivity contribution is 5.89. The molecule has 0 aromatic heterocycles. The lowest BCUT2D eigenvalue weighted by Crippen LogP contribution is -2.53. The minimum absolute atomic E-state index is 0.0913. The van der Waals surface area contributed by atoms with E-state index in [2.05, 4.69) is 16.6 Å². The van der Waals surface area contributed by atoms with E-state index in [4.69, 9.17) is 11.2 Å². The van der Waals surface area contributed by atoms with Gasteiger partial charge in [-0.15, -0.1) is 12.3 Å². The van der Waals surface area contributed by atoms with Gasteiger partial charge in [0.1, 0.15) is 18.7 Å². The monoisotopic (exact) mass is 434 g/mol. The number of terminal acetylenes is 1. The molecule has 0 bridgehead atoms. The molecule has 1 aliphatic carbocycles. The summed E-state index contributed by atoms with van der Waals surface area (Å²) in [6.45, 7) is 3.44. The van der Waals surface area contributed by atoms with Crippen molar-refractivity contribution in [3.8, 4) is 23.5 Å². The summed E-state index contributed by atoms with van der Waals surface area (Å²) in [6.07, 6.45) is 4.44. The van der Waals surface area contributed by atoms with Crippen LogP contribution in [0.1, 0.15) is 37.3 Å². The lowest BCUT2D eigenvalue weighted by atomic mass is 9.98. The number of carboxylic acid groups (broad SMARTS) is 1. The summed E-state index contributed by atoms with van der Waals surface area (Å²) in [5, 5.41) is 14.2. The molecule has 7 nitrogen and oxygen atoms in total. The third-order valence-corrected chi connectivity index (χ3v) is 5.50. The number of nitrogens with one attached hydrogen (secondary N) is 2. The highest BCUT2D eigenvalue weighted by Crippen LogP contribution is 2.44. The van der Waals surface area contributed by atoms with E-state index in [1.54, 1.807) is 13.8 Å². The molecule has 0 aliphatic heterocycles. The Balaban J connectivity index is 1.66. The maximum Gasteiger partial charge on any atom is 0.407 e. The number of carboxylic acids is 1. The first kappa shape index (κ1) is 22.9. The van der Waals surface area contributed by atoms with Gasteiger partial charge in [0, 0.05) is 12.3 Å². The van der Waals surface area contributed by atoms with Crippen LogP contribution in [-0.4, -0.2) is 41.8 Å². The first-order valence-corrected chi connectivity index (χ1v) is 10.4. The van der Waals surface area contributed by atoms with Crippen LogP contribution in [0.5, 0.6) is 0 Å². The number of ether oxygens (including phenoxy) is 1. The van der Waals surface area contributed by atoms with Crippen LogP contribution >= 0.6 is 0 Å². The Morgan fingerprint density at radius 3 is 2.09 bits per heavy atom. The maximum absolute atomic E-state index is 12.5. The van der Waals surface area contributed by atoms with Gasteiger partial charge in [0.05, 0.1) is 0 Å². The second-order valence-electron chi connectivity index (χ2n) is 8.00. The first-order chi connectivity index (χ1) is 15.3. The molecule has 0 fully saturated rings. The number of carbonyl (C=O) groups excluding carboxylic acids is 2. The van der Waals surface area contributed by atoms with E-state index in [0.717, 1.165) is 22.3 Å². The van der Waals surface area contributed by atoms with Crippen molar-refractivity contribution in [2.24, 2.45) is 5.92 Å². The summed E-state index contributed by atoms with van der Waals surface area (Å²) in [6, 6.07) is 13.7. The number of carbonyl (C=O) groups is 3. The van der Waals surface area contributed by atoms with Crippen molar-refractivity contribution in [1.29, 1.82) is 0 Å². The van der Waals surface area contributed by atoms with Crippen LogP contribution in [0.2, 0.25) is 0 Å². The van der Waals surface area contributed by atoms with Crippen molar-refractivity contribution in [3.05, 3.63) is 59.7 Å². The van der Waals surface area contributed by atoms with Gasteiger partial charge in [0.15, 0.2) is 0 Å². The second-order valence-corrected chi connectivity index (χ2v) is 8.00. The van der Waals surface area contributed by atoms with Crippen molar-refractivity contribution < 1.29 is 24.2 Å².